The van der Waals surface area contributed by atoms with Gasteiger partial charge in [0.2, 0.25) is 5.91 Å². The molecule has 0 saturated carbocycles. The van der Waals surface area contributed by atoms with Crippen LogP contribution in [-0.4, -0.2) is 54.3 Å². The predicted molar refractivity (Wildman–Crippen MR) is 72.6 cm³/mol. The Morgan fingerprint density at radius 2 is 1.90 bits per heavy atom. The number of nitrogens with zero attached hydrogens (tertiary/aromatic N) is 2. The number of hydrogen-bond acceptors (Lipinski definition) is 3. The molecule has 0 unspecified atom stereocenters. The maximum atomic E-state index is 13.6. The van der Waals surface area contributed by atoms with E-state index in [0.29, 0.717) is 26.2 Å². The number of rotatable bonds is 3. The summed E-state index contributed by atoms with van der Waals surface area (Å²) in [6, 6.07) is 5.98. The summed E-state index contributed by atoms with van der Waals surface area (Å²) < 4.78 is 13.6. The normalized spacial score (nSPS) is 16.8. The Labute approximate surface area is 117 Å². The van der Waals surface area contributed by atoms with Crippen LogP contribution in [-0.2, 0) is 4.79 Å². The highest BCUT2D eigenvalue weighted by atomic mass is 19.1. The van der Waals surface area contributed by atoms with Crippen LogP contribution in [0.5, 0.6) is 0 Å². The van der Waals surface area contributed by atoms with E-state index in [0.717, 1.165) is 6.42 Å². The number of amides is 2. The zero-order valence-corrected chi connectivity index (χ0v) is 11.2. The van der Waals surface area contributed by atoms with Crippen molar-refractivity contribution < 1.29 is 14.0 Å². The van der Waals surface area contributed by atoms with Gasteiger partial charge in [-0.05, 0) is 18.6 Å². The predicted octanol–water partition coefficient (Wildman–Crippen LogP) is 0.459. The number of benzene rings is 1. The van der Waals surface area contributed by atoms with Crippen LogP contribution in [0, 0.1) is 5.82 Å². The molecule has 2 rings (SSSR count). The molecular weight excluding hydrogens is 261 g/mol. The average molecular weight is 279 g/mol. The first-order valence-electron chi connectivity index (χ1n) is 6.62. The zero-order valence-electron chi connectivity index (χ0n) is 11.2. The van der Waals surface area contributed by atoms with Gasteiger partial charge < -0.3 is 10.6 Å². The molecule has 108 valence electrons. The third kappa shape index (κ3) is 3.54. The van der Waals surface area contributed by atoms with Gasteiger partial charge in [-0.2, -0.15) is 0 Å². The summed E-state index contributed by atoms with van der Waals surface area (Å²) >= 11 is 0. The minimum Gasteiger partial charge on any atom is -0.369 e. The van der Waals surface area contributed by atoms with E-state index < -0.39 is 5.82 Å². The van der Waals surface area contributed by atoms with Crippen LogP contribution in [0.15, 0.2) is 24.3 Å². The number of halogens is 1. The minimum atomic E-state index is -0.504. The van der Waals surface area contributed by atoms with E-state index in [1.807, 2.05) is 4.90 Å². The van der Waals surface area contributed by atoms with E-state index in [4.69, 9.17) is 5.73 Å². The molecular formula is C14H18FN3O2. The van der Waals surface area contributed by atoms with E-state index in [2.05, 4.69) is 0 Å². The van der Waals surface area contributed by atoms with Crippen LogP contribution in [0.1, 0.15) is 16.8 Å². The molecule has 0 aromatic heterocycles. The summed E-state index contributed by atoms with van der Waals surface area (Å²) in [4.78, 5) is 26.7. The summed E-state index contributed by atoms with van der Waals surface area (Å²) in [7, 11) is 0. The summed E-state index contributed by atoms with van der Waals surface area (Å²) in [6.45, 7) is 2.51. The molecule has 6 heteroatoms. The number of primary amides is 1. The molecule has 1 aromatic carbocycles. The standard InChI is InChI=1S/C14H18FN3O2/c15-12-5-2-1-4-11(12)14(20)18-7-3-6-17(8-9-18)10-13(16)19/h1-2,4-5H,3,6-10H2,(H2,16,19). The third-order valence-electron chi connectivity index (χ3n) is 3.36. The lowest BCUT2D eigenvalue weighted by Gasteiger charge is -2.21. The van der Waals surface area contributed by atoms with E-state index >= 15 is 0 Å². The molecule has 20 heavy (non-hydrogen) atoms. The van der Waals surface area contributed by atoms with Gasteiger partial charge in [0.25, 0.3) is 5.91 Å². The SMILES string of the molecule is NC(=O)CN1CCCN(C(=O)c2ccccc2F)CC1. The Morgan fingerprint density at radius 1 is 1.15 bits per heavy atom. The molecule has 2 amide bonds. The van der Waals surface area contributed by atoms with Crippen LogP contribution in [0.2, 0.25) is 0 Å². The van der Waals surface area contributed by atoms with Gasteiger partial charge in [0.1, 0.15) is 5.82 Å². The smallest absolute Gasteiger partial charge is 0.256 e. The quantitative estimate of drug-likeness (QED) is 0.874. The number of carbonyl (C=O) groups excluding carboxylic acids is 2. The van der Waals surface area contributed by atoms with E-state index in [1.165, 1.54) is 12.1 Å². The number of hydrogen-bond donors (Lipinski definition) is 1. The van der Waals surface area contributed by atoms with Crippen molar-refractivity contribution in [3.8, 4) is 0 Å². The molecule has 0 atom stereocenters. The summed E-state index contributed by atoms with van der Waals surface area (Å²) in [5.74, 6) is -1.18. The molecule has 1 heterocycles. The van der Waals surface area contributed by atoms with Crippen molar-refractivity contribution in [3.05, 3.63) is 35.6 Å². The Morgan fingerprint density at radius 3 is 2.60 bits per heavy atom. The van der Waals surface area contributed by atoms with Crippen molar-refractivity contribution in [3.63, 3.8) is 0 Å². The van der Waals surface area contributed by atoms with Crippen LogP contribution in [0.4, 0.5) is 4.39 Å². The highest BCUT2D eigenvalue weighted by molar-refractivity contribution is 5.94. The molecule has 2 N–H and O–H groups in total. The first kappa shape index (κ1) is 14.5. The number of nitrogens with two attached hydrogens (primary N) is 1. The molecule has 1 saturated heterocycles. The fourth-order valence-electron chi connectivity index (χ4n) is 2.36. The highest BCUT2D eigenvalue weighted by Crippen LogP contribution is 2.12. The maximum Gasteiger partial charge on any atom is 0.256 e. The first-order chi connectivity index (χ1) is 9.58. The first-order valence-corrected chi connectivity index (χ1v) is 6.62. The minimum absolute atomic E-state index is 0.0934. The van der Waals surface area contributed by atoms with E-state index in [9.17, 15) is 14.0 Å². The van der Waals surface area contributed by atoms with Crippen molar-refractivity contribution in [2.24, 2.45) is 5.73 Å². The second kappa shape index (κ2) is 6.47. The maximum absolute atomic E-state index is 13.6. The second-order valence-corrected chi connectivity index (χ2v) is 4.87. The Hall–Kier alpha value is -1.95. The Balaban J connectivity index is 2.02. The molecule has 1 aliphatic heterocycles. The van der Waals surface area contributed by atoms with Gasteiger partial charge >= 0.3 is 0 Å². The second-order valence-electron chi connectivity index (χ2n) is 4.87. The van der Waals surface area contributed by atoms with Gasteiger partial charge in [0.15, 0.2) is 0 Å². The van der Waals surface area contributed by atoms with E-state index in [1.54, 1.807) is 17.0 Å². The van der Waals surface area contributed by atoms with Gasteiger partial charge in [-0.1, -0.05) is 12.1 Å². The topological polar surface area (TPSA) is 66.6 Å². The number of carbonyl (C=O) groups is 2. The summed E-state index contributed by atoms with van der Waals surface area (Å²) in [6.07, 6.45) is 0.744. The van der Waals surface area contributed by atoms with Crippen LogP contribution in [0.3, 0.4) is 0 Å². The van der Waals surface area contributed by atoms with Gasteiger partial charge in [-0.25, -0.2) is 4.39 Å². The molecule has 1 aliphatic rings. The van der Waals surface area contributed by atoms with E-state index in [-0.39, 0.29) is 23.9 Å². The van der Waals surface area contributed by atoms with Crippen molar-refractivity contribution in [2.75, 3.05) is 32.7 Å². The largest absolute Gasteiger partial charge is 0.369 e. The summed E-state index contributed by atoms with van der Waals surface area (Å²) in [5.41, 5.74) is 5.26. The highest BCUT2D eigenvalue weighted by Gasteiger charge is 2.22. The fourth-order valence-corrected chi connectivity index (χ4v) is 2.36. The lowest BCUT2D eigenvalue weighted by molar-refractivity contribution is -0.119. The molecule has 5 nitrogen and oxygen atoms in total. The lowest BCUT2D eigenvalue weighted by atomic mass is 10.2. The monoisotopic (exact) mass is 279 g/mol. The van der Waals surface area contributed by atoms with Crippen molar-refractivity contribution in [1.29, 1.82) is 0 Å². The molecule has 0 aliphatic carbocycles. The molecule has 1 aromatic rings. The fraction of sp³-hybridized carbons (Fsp3) is 0.429. The Bertz CT molecular complexity index is 507. The molecule has 0 bridgehead atoms. The third-order valence-corrected chi connectivity index (χ3v) is 3.36. The van der Waals surface area contributed by atoms with Gasteiger partial charge in [-0.15, -0.1) is 0 Å². The summed E-state index contributed by atoms with van der Waals surface area (Å²) in [5, 5.41) is 0. The van der Waals surface area contributed by atoms with Gasteiger partial charge in [0.05, 0.1) is 12.1 Å². The molecule has 1 fully saturated rings. The van der Waals surface area contributed by atoms with Crippen molar-refractivity contribution in [1.82, 2.24) is 9.80 Å². The molecule has 0 radical (unpaired) electrons. The molecule has 0 spiro atoms. The van der Waals surface area contributed by atoms with Crippen LogP contribution < -0.4 is 5.73 Å². The van der Waals surface area contributed by atoms with Crippen LogP contribution >= 0.6 is 0 Å². The van der Waals surface area contributed by atoms with Crippen LogP contribution in [0.25, 0.3) is 0 Å². The average Bonchev–Trinajstić information content (AvgIpc) is 2.63. The van der Waals surface area contributed by atoms with Gasteiger partial charge in [-0.3, -0.25) is 14.5 Å². The zero-order chi connectivity index (χ0) is 14.5. The Kier molecular flexibility index (Phi) is 4.68. The van der Waals surface area contributed by atoms with Crippen molar-refractivity contribution in [2.45, 2.75) is 6.42 Å². The van der Waals surface area contributed by atoms with Gasteiger partial charge in [0, 0.05) is 26.2 Å². The van der Waals surface area contributed by atoms with Crippen molar-refractivity contribution >= 4 is 11.8 Å². The lowest BCUT2D eigenvalue weighted by Crippen LogP contribution is -2.38.